The number of benzene rings is 3. The molecule has 0 aliphatic carbocycles. The highest BCUT2D eigenvalue weighted by Gasteiger charge is 2.36. The van der Waals surface area contributed by atoms with Gasteiger partial charge in [-0.1, -0.05) is 55.5 Å². The van der Waals surface area contributed by atoms with E-state index in [1.165, 1.54) is 0 Å². The largest absolute Gasteiger partial charge is 0.494 e. The van der Waals surface area contributed by atoms with Crippen molar-refractivity contribution in [2.45, 2.75) is 38.7 Å². The molecule has 0 heterocycles. The summed E-state index contributed by atoms with van der Waals surface area (Å²) in [7, 11) is 0. The number of hydrogen-bond acceptors (Lipinski definition) is 4. The van der Waals surface area contributed by atoms with Gasteiger partial charge >= 0.3 is 12.0 Å². The lowest BCUT2D eigenvalue weighted by Gasteiger charge is -2.26. The minimum absolute atomic E-state index is 0.119. The zero-order valence-electron chi connectivity index (χ0n) is 20.9. The number of carbonyl (C=O) groups excluding carboxylic acids is 1. The highest BCUT2D eigenvalue weighted by molar-refractivity contribution is 5.89. The molecule has 0 bridgehead atoms. The van der Waals surface area contributed by atoms with Crippen LogP contribution in [0.4, 0.5) is 10.5 Å². The van der Waals surface area contributed by atoms with Gasteiger partial charge in [0.1, 0.15) is 11.5 Å². The van der Waals surface area contributed by atoms with Crippen molar-refractivity contribution in [2.24, 2.45) is 0 Å². The van der Waals surface area contributed by atoms with Crippen molar-refractivity contribution in [3.63, 3.8) is 0 Å². The van der Waals surface area contributed by atoms with E-state index in [9.17, 15) is 14.7 Å². The highest BCUT2D eigenvalue weighted by atomic mass is 16.5. The molecule has 1 unspecified atom stereocenters. The molecule has 3 aromatic carbocycles. The molecule has 0 spiro atoms. The maximum absolute atomic E-state index is 12.6. The summed E-state index contributed by atoms with van der Waals surface area (Å²) in [5.41, 5.74) is 0.204. The van der Waals surface area contributed by atoms with E-state index in [4.69, 9.17) is 9.47 Å². The third-order valence-corrected chi connectivity index (χ3v) is 5.65. The van der Waals surface area contributed by atoms with Gasteiger partial charge in [-0.05, 0) is 61.7 Å². The molecule has 0 aliphatic rings. The first kappa shape index (κ1) is 26.6. The lowest BCUT2D eigenvalue weighted by Crippen LogP contribution is -2.43. The van der Waals surface area contributed by atoms with Crippen LogP contribution in [0.2, 0.25) is 0 Å². The van der Waals surface area contributed by atoms with Crippen molar-refractivity contribution in [3.8, 4) is 11.5 Å². The van der Waals surface area contributed by atoms with Crippen molar-refractivity contribution in [1.82, 2.24) is 4.90 Å². The Morgan fingerprint density at radius 2 is 1.53 bits per heavy atom. The average molecular weight is 491 g/mol. The molecule has 0 saturated carbocycles. The van der Waals surface area contributed by atoms with E-state index in [2.05, 4.69) is 5.32 Å². The first-order chi connectivity index (χ1) is 17.4. The molecule has 190 valence electrons. The number of urea groups is 1. The lowest BCUT2D eigenvalue weighted by atomic mass is 9.96. The van der Waals surface area contributed by atoms with E-state index >= 15 is 0 Å². The average Bonchev–Trinajstić information content (AvgIpc) is 2.88. The zero-order chi connectivity index (χ0) is 25.8. The number of nitrogens with zero attached hydrogens (tertiary/aromatic N) is 1. The third-order valence-electron chi connectivity index (χ3n) is 5.65. The Morgan fingerprint density at radius 3 is 2.14 bits per heavy atom. The van der Waals surface area contributed by atoms with E-state index in [-0.39, 0.29) is 12.5 Å². The molecular formula is C29H34N2O5. The molecule has 7 heteroatoms. The van der Waals surface area contributed by atoms with Crippen LogP contribution in [0.1, 0.15) is 32.3 Å². The zero-order valence-corrected chi connectivity index (χ0v) is 20.9. The molecule has 36 heavy (non-hydrogen) atoms. The van der Waals surface area contributed by atoms with Gasteiger partial charge in [-0.2, -0.15) is 0 Å². The second kappa shape index (κ2) is 13.2. The smallest absolute Gasteiger partial charge is 0.348 e. The van der Waals surface area contributed by atoms with Crippen LogP contribution >= 0.6 is 0 Å². The number of anilines is 1. The minimum atomic E-state index is -1.40. The molecule has 0 saturated heterocycles. The van der Waals surface area contributed by atoms with E-state index < -0.39 is 11.6 Å². The molecule has 0 fully saturated rings. The standard InChI is InChI=1S/C29H34N2O5/c1-3-19-31(28(34)30-24-11-6-4-7-12-24)20-10-21-35-25-17-15-23(16-18-25)22-29(2,27(32)33)36-26-13-8-5-9-14-26/h4-9,11-18H,3,10,19-22H2,1-2H3,(H,30,34)(H,32,33). The fourth-order valence-electron chi connectivity index (χ4n) is 3.75. The predicted molar refractivity (Wildman–Crippen MR) is 141 cm³/mol. The highest BCUT2D eigenvalue weighted by Crippen LogP contribution is 2.24. The molecule has 1 atom stereocenters. The van der Waals surface area contributed by atoms with Gasteiger partial charge in [0.25, 0.3) is 0 Å². The quantitative estimate of drug-likeness (QED) is 0.293. The number of para-hydroxylation sites is 2. The van der Waals surface area contributed by atoms with E-state index in [1.807, 2.05) is 67.6 Å². The van der Waals surface area contributed by atoms with E-state index in [0.717, 1.165) is 17.7 Å². The molecule has 3 aromatic rings. The topological polar surface area (TPSA) is 88.1 Å². The fraction of sp³-hybridized carbons (Fsp3) is 0.310. The Bertz CT molecular complexity index is 1090. The minimum Gasteiger partial charge on any atom is -0.494 e. The summed E-state index contributed by atoms with van der Waals surface area (Å²) in [5, 5.41) is 12.7. The summed E-state index contributed by atoms with van der Waals surface area (Å²) in [6.45, 7) is 5.32. The number of rotatable bonds is 13. The number of aliphatic carboxylic acids is 1. The van der Waals surface area contributed by atoms with Crippen LogP contribution in [-0.4, -0.2) is 47.3 Å². The van der Waals surface area contributed by atoms with Gasteiger partial charge in [-0.15, -0.1) is 0 Å². The van der Waals surface area contributed by atoms with Gasteiger partial charge in [-0.25, -0.2) is 9.59 Å². The van der Waals surface area contributed by atoms with Crippen molar-refractivity contribution in [3.05, 3.63) is 90.5 Å². The van der Waals surface area contributed by atoms with Crippen LogP contribution in [0.15, 0.2) is 84.9 Å². The summed E-state index contributed by atoms with van der Waals surface area (Å²) < 4.78 is 11.7. The number of hydrogen-bond donors (Lipinski definition) is 2. The Morgan fingerprint density at radius 1 is 0.889 bits per heavy atom. The Kier molecular flexibility index (Phi) is 9.74. The first-order valence-electron chi connectivity index (χ1n) is 12.2. The van der Waals surface area contributed by atoms with Crippen molar-refractivity contribution < 1.29 is 24.2 Å². The second-order valence-electron chi connectivity index (χ2n) is 8.76. The summed E-state index contributed by atoms with van der Waals surface area (Å²) in [6.07, 6.45) is 1.76. The molecular weight excluding hydrogens is 456 g/mol. The normalized spacial score (nSPS) is 12.3. The predicted octanol–water partition coefficient (Wildman–Crippen LogP) is 5.86. The molecule has 2 amide bonds. The van der Waals surface area contributed by atoms with Gasteiger partial charge in [-0.3, -0.25) is 0 Å². The summed E-state index contributed by atoms with van der Waals surface area (Å²) >= 11 is 0. The number of nitrogens with one attached hydrogen (secondary N) is 1. The molecule has 2 N–H and O–H groups in total. The number of carbonyl (C=O) groups is 2. The Labute approximate surface area is 212 Å². The molecule has 0 radical (unpaired) electrons. The van der Waals surface area contributed by atoms with Crippen molar-refractivity contribution in [1.29, 1.82) is 0 Å². The molecule has 0 aliphatic heterocycles. The summed E-state index contributed by atoms with van der Waals surface area (Å²) in [6, 6.07) is 25.6. The summed E-state index contributed by atoms with van der Waals surface area (Å²) in [4.78, 5) is 26.3. The van der Waals surface area contributed by atoms with Crippen LogP contribution in [-0.2, 0) is 11.2 Å². The molecule has 3 rings (SSSR count). The first-order valence-corrected chi connectivity index (χ1v) is 12.2. The van der Waals surface area contributed by atoms with Crippen LogP contribution < -0.4 is 14.8 Å². The van der Waals surface area contributed by atoms with Gasteiger partial charge in [0.05, 0.1) is 6.61 Å². The number of ether oxygens (including phenoxy) is 2. The maximum Gasteiger partial charge on any atom is 0.348 e. The number of carboxylic acids is 1. The molecule has 7 nitrogen and oxygen atoms in total. The van der Waals surface area contributed by atoms with Crippen LogP contribution in [0.5, 0.6) is 11.5 Å². The number of amides is 2. The molecule has 0 aromatic heterocycles. The van der Waals surface area contributed by atoms with Crippen molar-refractivity contribution in [2.75, 3.05) is 25.0 Å². The second-order valence-corrected chi connectivity index (χ2v) is 8.76. The Hall–Kier alpha value is -4.00. The van der Waals surface area contributed by atoms with Gasteiger partial charge in [0.15, 0.2) is 0 Å². The van der Waals surface area contributed by atoms with E-state index in [1.54, 1.807) is 36.1 Å². The van der Waals surface area contributed by atoms with Gasteiger partial charge in [0, 0.05) is 25.2 Å². The van der Waals surface area contributed by atoms with Gasteiger partial charge in [0.2, 0.25) is 5.60 Å². The van der Waals surface area contributed by atoms with E-state index in [0.29, 0.717) is 37.6 Å². The lowest BCUT2D eigenvalue weighted by molar-refractivity contribution is -0.153. The van der Waals surface area contributed by atoms with Crippen LogP contribution in [0, 0.1) is 0 Å². The maximum atomic E-state index is 12.6. The SMILES string of the molecule is CCCN(CCCOc1ccc(CC(C)(Oc2ccccc2)C(=O)O)cc1)C(=O)Nc1ccccc1. The number of carboxylic acid groups (broad SMARTS) is 1. The van der Waals surface area contributed by atoms with Crippen LogP contribution in [0.3, 0.4) is 0 Å². The Balaban J connectivity index is 1.48. The summed E-state index contributed by atoms with van der Waals surface area (Å²) in [5.74, 6) is 0.173. The third kappa shape index (κ3) is 8.05. The monoisotopic (exact) mass is 490 g/mol. The van der Waals surface area contributed by atoms with Crippen molar-refractivity contribution >= 4 is 17.7 Å². The fourth-order valence-corrected chi connectivity index (χ4v) is 3.75. The van der Waals surface area contributed by atoms with Crippen LogP contribution in [0.25, 0.3) is 0 Å². The van der Waals surface area contributed by atoms with Gasteiger partial charge < -0.3 is 24.8 Å².